The third-order valence-corrected chi connectivity index (χ3v) is 17.1. The highest BCUT2D eigenvalue weighted by molar-refractivity contribution is 14.1. The Bertz CT molecular complexity index is 1430. The molecule has 2 N–H and O–H groups in total. The Balaban J connectivity index is 1.45. The van der Waals surface area contributed by atoms with Gasteiger partial charge in [-0.1, -0.05) is 74.0 Å². The maximum absolute atomic E-state index is 13.5. The smallest absolute Gasteiger partial charge is 0.307 e. The van der Waals surface area contributed by atoms with Crippen molar-refractivity contribution in [1.82, 2.24) is 20.1 Å². The van der Waals surface area contributed by atoms with Gasteiger partial charge in [-0.05, 0) is 98.3 Å². The lowest BCUT2D eigenvalue weighted by Gasteiger charge is -2.71. The summed E-state index contributed by atoms with van der Waals surface area (Å²) in [6, 6.07) is 0.0203. The molecule has 2 heterocycles. The average molecular weight is 779 g/mol. The number of aliphatic carboxylic acids is 1. The molecule has 4 fully saturated rings. The number of carbonyl (C=O) groups is 1. The standard InChI is InChI=1S/C39H63IN4O4/c1-23(2)25(5)34(6)16-17-36(8)26-12-13-29-35(7)19-47-21-39(29,27(26)14-15-37(36,9)30(34)32(45)46)18-28(44-33(40)42-22-43-44)31(35)48-20-38(10,41-11)24(3)4/h14,22-26,28-31,41H,12-13,15-21H2,1-11H3,(H,45,46)/t25-,26+,28-,29+,30-,31+,34-,35+,36-,37+,38+,39?/m1/s1. The first-order chi connectivity index (χ1) is 22.4. The van der Waals surface area contributed by atoms with Crippen LogP contribution in [-0.4, -0.2) is 64.4 Å². The zero-order chi connectivity index (χ0) is 35.2. The van der Waals surface area contributed by atoms with Gasteiger partial charge < -0.3 is 19.9 Å². The number of rotatable bonds is 9. The number of carboxylic acids is 1. The van der Waals surface area contributed by atoms with Crippen LogP contribution in [0.2, 0.25) is 0 Å². The molecule has 0 aromatic carbocycles. The molecular weight excluding hydrogens is 715 g/mol. The van der Waals surface area contributed by atoms with E-state index in [1.807, 2.05) is 7.05 Å². The SMILES string of the molecule is CN[C@@](C)(CO[C@H]1[C@H](n2ncnc2I)CC23COC[C@@]1(C)[C@@H]2CC[C@H]1C3=CC[C@@]2(C)[C@H](C(=O)O)[C@@](C)([C@H](C)C(C)C)CC[C@]12C)C(C)C. The van der Waals surface area contributed by atoms with Crippen LogP contribution in [0, 0.1) is 66.4 Å². The Morgan fingerprint density at radius 3 is 2.44 bits per heavy atom. The van der Waals surface area contributed by atoms with Crippen molar-refractivity contribution < 1.29 is 19.4 Å². The minimum Gasteiger partial charge on any atom is -0.481 e. The number of nitrogens with zero attached hydrogens (tertiary/aromatic N) is 3. The van der Waals surface area contributed by atoms with Gasteiger partial charge in [0, 0.05) is 39.0 Å². The van der Waals surface area contributed by atoms with Crippen LogP contribution in [-0.2, 0) is 14.3 Å². The lowest BCUT2D eigenvalue weighted by molar-refractivity contribution is -0.253. The molecule has 8 nitrogen and oxygen atoms in total. The van der Waals surface area contributed by atoms with Crippen LogP contribution >= 0.6 is 22.6 Å². The van der Waals surface area contributed by atoms with Gasteiger partial charge in [0.2, 0.25) is 0 Å². The van der Waals surface area contributed by atoms with E-state index in [2.05, 4.69) is 113 Å². The van der Waals surface area contributed by atoms with Gasteiger partial charge in [-0.25, -0.2) is 9.67 Å². The number of hydrogen-bond donors (Lipinski definition) is 2. The van der Waals surface area contributed by atoms with Gasteiger partial charge in [-0.3, -0.25) is 4.79 Å². The average Bonchev–Trinajstić information content (AvgIpc) is 3.45. The fourth-order valence-electron chi connectivity index (χ4n) is 12.4. The summed E-state index contributed by atoms with van der Waals surface area (Å²) in [6.45, 7) is 25.1. The summed E-state index contributed by atoms with van der Waals surface area (Å²) in [5.74, 6) is 0.920. The summed E-state index contributed by atoms with van der Waals surface area (Å²) in [7, 11) is 2.04. The molecule has 1 aromatic rings. The summed E-state index contributed by atoms with van der Waals surface area (Å²) in [5.41, 5.74) is 0.346. The van der Waals surface area contributed by atoms with E-state index >= 15 is 0 Å². The Labute approximate surface area is 303 Å². The van der Waals surface area contributed by atoms with Gasteiger partial charge in [0.05, 0.1) is 37.9 Å². The normalized spacial score (nSPS) is 44.3. The predicted molar refractivity (Wildman–Crippen MR) is 197 cm³/mol. The summed E-state index contributed by atoms with van der Waals surface area (Å²) < 4.78 is 16.9. The molecule has 2 bridgehead atoms. The van der Waals surface area contributed by atoms with Crippen LogP contribution in [0.5, 0.6) is 0 Å². The molecule has 5 aliphatic rings. The minimum atomic E-state index is -0.607. The van der Waals surface area contributed by atoms with Crippen molar-refractivity contribution in [3.8, 4) is 0 Å². The van der Waals surface area contributed by atoms with Gasteiger partial charge in [-0.15, -0.1) is 0 Å². The number of carboxylic acid groups (broad SMARTS) is 1. The number of hydrogen-bond acceptors (Lipinski definition) is 6. The first-order valence-electron chi connectivity index (χ1n) is 18.7. The maximum Gasteiger partial charge on any atom is 0.307 e. The first kappa shape index (κ1) is 36.7. The third kappa shape index (κ3) is 4.99. The van der Waals surface area contributed by atoms with Crippen molar-refractivity contribution in [2.45, 2.75) is 125 Å². The van der Waals surface area contributed by atoms with Crippen molar-refractivity contribution in [3.63, 3.8) is 0 Å². The van der Waals surface area contributed by atoms with E-state index in [-0.39, 0.29) is 44.8 Å². The Morgan fingerprint density at radius 2 is 1.85 bits per heavy atom. The quantitative estimate of drug-likeness (QED) is 0.194. The van der Waals surface area contributed by atoms with E-state index in [4.69, 9.17) is 14.6 Å². The predicted octanol–water partition coefficient (Wildman–Crippen LogP) is 8.03. The Kier molecular flexibility index (Phi) is 9.40. The largest absolute Gasteiger partial charge is 0.481 e. The molecule has 1 aliphatic heterocycles. The number of halogens is 1. The third-order valence-electron chi connectivity index (χ3n) is 16.3. The van der Waals surface area contributed by atoms with Crippen molar-refractivity contribution in [3.05, 3.63) is 21.8 Å². The van der Waals surface area contributed by atoms with Crippen LogP contribution in [0.3, 0.4) is 0 Å². The minimum absolute atomic E-state index is 0.0203. The number of ether oxygens (including phenoxy) is 2. The highest BCUT2D eigenvalue weighted by Gasteiger charge is 2.72. The van der Waals surface area contributed by atoms with Gasteiger partial charge >= 0.3 is 5.97 Å². The zero-order valence-corrected chi connectivity index (χ0v) is 33.7. The number of fused-ring (bicyclic) bond motifs is 3. The summed E-state index contributed by atoms with van der Waals surface area (Å²) in [5, 5.41) is 19.4. The zero-order valence-electron chi connectivity index (χ0n) is 31.5. The Morgan fingerprint density at radius 1 is 1.15 bits per heavy atom. The van der Waals surface area contributed by atoms with E-state index in [1.54, 1.807) is 11.9 Å². The molecule has 9 heteroatoms. The molecule has 270 valence electrons. The molecule has 12 atom stereocenters. The van der Waals surface area contributed by atoms with E-state index in [0.29, 0.717) is 49.4 Å². The van der Waals surface area contributed by atoms with Crippen LogP contribution in [0.15, 0.2) is 18.0 Å². The van der Waals surface area contributed by atoms with Gasteiger partial charge in [0.15, 0.2) is 3.83 Å². The summed E-state index contributed by atoms with van der Waals surface area (Å²) in [6.07, 6.45) is 10.1. The van der Waals surface area contributed by atoms with Crippen molar-refractivity contribution in [1.29, 1.82) is 0 Å². The number of allylic oxidation sites excluding steroid dienone is 1. The van der Waals surface area contributed by atoms with E-state index < -0.39 is 11.9 Å². The van der Waals surface area contributed by atoms with Crippen molar-refractivity contribution in [2.24, 2.45) is 62.6 Å². The second-order valence-corrected chi connectivity index (χ2v) is 19.6. The highest BCUT2D eigenvalue weighted by atomic mass is 127. The van der Waals surface area contributed by atoms with Crippen LogP contribution in [0.25, 0.3) is 0 Å². The summed E-state index contributed by atoms with van der Waals surface area (Å²) >= 11 is 2.33. The lowest BCUT2D eigenvalue weighted by Crippen LogP contribution is -2.69. The molecule has 48 heavy (non-hydrogen) atoms. The molecule has 0 amide bonds. The maximum atomic E-state index is 13.5. The van der Waals surface area contributed by atoms with E-state index in [9.17, 15) is 9.90 Å². The molecule has 3 saturated carbocycles. The molecule has 0 spiro atoms. The Hall–Kier alpha value is -1.04. The first-order valence-corrected chi connectivity index (χ1v) is 19.8. The van der Waals surface area contributed by atoms with Crippen molar-refractivity contribution in [2.75, 3.05) is 26.9 Å². The van der Waals surface area contributed by atoms with Gasteiger partial charge in [-0.2, -0.15) is 5.10 Å². The number of aromatic nitrogens is 3. The topological polar surface area (TPSA) is 98.5 Å². The monoisotopic (exact) mass is 778 g/mol. The molecule has 1 unspecified atom stereocenters. The lowest BCUT2D eigenvalue weighted by atomic mass is 9.34. The second-order valence-electron chi connectivity index (χ2n) is 18.6. The highest BCUT2D eigenvalue weighted by Crippen LogP contribution is 2.75. The molecule has 1 aromatic heterocycles. The van der Waals surface area contributed by atoms with Crippen molar-refractivity contribution >= 4 is 28.6 Å². The molecule has 0 radical (unpaired) electrons. The van der Waals surface area contributed by atoms with Gasteiger partial charge in [0.25, 0.3) is 0 Å². The van der Waals surface area contributed by atoms with E-state index in [1.165, 1.54) is 0 Å². The fourth-order valence-corrected chi connectivity index (χ4v) is 13.0. The fraction of sp³-hybridized carbons (Fsp3) is 0.872. The van der Waals surface area contributed by atoms with E-state index in [0.717, 1.165) is 42.4 Å². The second kappa shape index (κ2) is 12.3. The molecular formula is C39H63IN4O4. The van der Waals surface area contributed by atoms with Gasteiger partial charge in [0.1, 0.15) is 6.33 Å². The number of likely N-dealkylation sites (N-methyl/N-ethyl adjacent to an activating group) is 1. The molecule has 1 saturated heterocycles. The number of nitrogens with one attached hydrogen (secondary N) is 1. The molecule has 6 rings (SSSR count). The van der Waals surface area contributed by atoms with Crippen LogP contribution in [0.4, 0.5) is 0 Å². The molecule has 4 aliphatic carbocycles. The van der Waals surface area contributed by atoms with Crippen LogP contribution < -0.4 is 5.32 Å². The van der Waals surface area contributed by atoms with Crippen LogP contribution in [0.1, 0.15) is 114 Å². The summed E-state index contributed by atoms with van der Waals surface area (Å²) in [4.78, 5) is 18.1.